The van der Waals surface area contributed by atoms with Crippen molar-refractivity contribution in [1.82, 2.24) is 20.0 Å². The largest absolute Gasteiger partial charge is 0.353 e. The molecule has 1 N–H and O–H groups in total. The van der Waals surface area contributed by atoms with Gasteiger partial charge in [0, 0.05) is 38.8 Å². The van der Waals surface area contributed by atoms with Crippen LogP contribution in [0.4, 0.5) is 0 Å². The van der Waals surface area contributed by atoms with E-state index in [1.165, 1.54) is 0 Å². The molecule has 0 saturated carbocycles. The molecule has 0 aromatic carbocycles. The molecule has 3 heterocycles. The lowest BCUT2D eigenvalue weighted by Crippen LogP contribution is -2.55. The van der Waals surface area contributed by atoms with E-state index in [0.29, 0.717) is 18.9 Å². The molecule has 2 aliphatic rings. The predicted molar refractivity (Wildman–Crippen MR) is 77.8 cm³/mol. The normalized spacial score (nSPS) is 25.4. The van der Waals surface area contributed by atoms with E-state index in [9.17, 15) is 9.59 Å². The molecular weight excluding hydrogens is 268 g/mol. The number of carbonyl (C=O) groups excluding carboxylic acids is 2. The van der Waals surface area contributed by atoms with E-state index >= 15 is 0 Å². The first-order valence-electron chi connectivity index (χ1n) is 7.69. The van der Waals surface area contributed by atoms with Crippen LogP contribution in [0.2, 0.25) is 0 Å². The second-order valence-electron chi connectivity index (χ2n) is 6.03. The Labute approximate surface area is 124 Å². The molecule has 21 heavy (non-hydrogen) atoms. The van der Waals surface area contributed by atoms with Crippen molar-refractivity contribution in [2.75, 3.05) is 13.1 Å². The summed E-state index contributed by atoms with van der Waals surface area (Å²) in [5.74, 6) is 0.619. The van der Waals surface area contributed by atoms with Crippen LogP contribution in [0.1, 0.15) is 42.2 Å². The van der Waals surface area contributed by atoms with Crippen molar-refractivity contribution in [3.8, 4) is 0 Å². The van der Waals surface area contributed by atoms with Crippen LogP contribution < -0.4 is 5.32 Å². The van der Waals surface area contributed by atoms with Gasteiger partial charge in [-0.05, 0) is 25.2 Å². The number of piperidine rings is 2. The summed E-state index contributed by atoms with van der Waals surface area (Å²) in [5, 5.41) is 7.40. The van der Waals surface area contributed by atoms with E-state index in [1.807, 2.05) is 25.1 Å². The highest BCUT2D eigenvalue weighted by molar-refractivity contribution is 5.95. The second kappa shape index (κ2) is 5.50. The molecule has 6 heteroatoms. The summed E-state index contributed by atoms with van der Waals surface area (Å²) in [6, 6.07) is 0.245. The molecule has 2 saturated heterocycles. The Morgan fingerprint density at radius 1 is 1.48 bits per heavy atom. The molecule has 0 aliphatic carbocycles. The van der Waals surface area contributed by atoms with E-state index in [4.69, 9.17) is 0 Å². The van der Waals surface area contributed by atoms with E-state index in [0.717, 1.165) is 37.1 Å². The topological polar surface area (TPSA) is 67.2 Å². The molecule has 2 unspecified atom stereocenters. The summed E-state index contributed by atoms with van der Waals surface area (Å²) in [6.45, 7) is 3.46. The smallest absolute Gasteiger partial charge is 0.257 e. The van der Waals surface area contributed by atoms with Gasteiger partial charge in [0.2, 0.25) is 5.91 Å². The highest BCUT2D eigenvalue weighted by atomic mass is 16.2. The number of nitrogens with one attached hydrogen (secondary N) is 1. The number of nitrogens with zero attached hydrogens (tertiary/aromatic N) is 3. The third kappa shape index (κ3) is 2.66. The summed E-state index contributed by atoms with van der Waals surface area (Å²) < 4.78 is 1.71. The van der Waals surface area contributed by atoms with Crippen LogP contribution in [0.3, 0.4) is 0 Å². The van der Waals surface area contributed by atoms with Crippen LogP contribution >= 0.6 is 0 Å². The highest BCUT2D eigenvalue weighted by Crippen LogP contribution is 2.26. The van der Waals surface area contributed by atoms with E-state index < -0.39 is 0 Å². The monoisotopic (exact) mass is 290 g/mol. The van der Waals surface area contributed by atoms with Crippen LogP contribution in [0, 0.1) is 5.92 Å². The third-order valence-electron chi connectivity index (χ3n) is 4.58. The molecule has 3 rings (SSSR count). The minimum atomic E-state index is 0.0790. The number of carbonyl (C=O) groups is 2. The second-order valence-corrected chi connectivity index (χ2v) is 6.03. The number of likely N-dealkylation sites (tertiary alicyclic amines) is 1. The fourth-order valence-corrected chi connectivity index (χ4v) is 3.44. The fraction of sp³-hybridized carbons (Fsp3) is 0.667. The van der Waals surface area contributed by atoms with Gasteiger partial charge < -0.3 is 10.2 Å². The van der Waals surface area contributed by atoms with Crippen molar-refractivity contribution in [2.45, 2.75) is 38.6 Å². The zero-order valence-corrected chi connectivity index (χ0v) is 12.6. The van der Waals surface area contributed by atoms with Gasteiger partial charge in [-0.25, -0.2) is 0 Å². The van der Waals surface area contributed by atoms with Crippen molar-refractivity contribution in [1.29, 1.82) is 0 Å². The molecular formula is C15H22N4O2. The molecule has 2 fully saturated rings. The van der Waals surface area contributed by atoms with Crippen LogP contribution in [0.5, 0.6) is 0 Å². The lowest BCUT2D eigenvalue weighted by Gasteiger charge is -2.41. The standard InChI is InChI=1S/C15H22N4O2/c1-3-12-11(9-18(2)17-12)15(21)19-7-6-13-10(8-19)4-5-14(20)16-13/h9-10,13H,3-8H2,1-2H3,(H,16,20). The lowest BCUT2D eigenvalue weighted by atomic mass is 9.85. The Bertz CT molecular complexity index is 566. The van der Waals surface area contributed by atoms with Gasteiger partial charge in [0.05, 0.1) is 11.3 Å². The SMILES string of the molecule is CCc1nn(C)cc1C(=O)N1CCC2NC(=O)CCC2C1. The van der Waals surface area contributed by atoms with Crippen molar-refractivity contribution in [3.63, 3.8) is 0 Å². The Balaban J connectivity index is 1.73. The molecule has 114 valence electrons. The quantitative estimate of drug-likeness (QED) is 0.873. The Hall–Kier alpha value is -1.85. The Morgan fingerprint density at radius 3 is 3.05 bits per heavy atom. The van der Waals surface area contributed by atoms with E-state index in [-0.39, 0.29) is 17.9 Å². The van der Waals surface area contributed by atoms with E-state index in [2.05, 4.69) is 10.4 Å². The number of amides is 2. The Morgan fingerprint density at radius 2 is 2.29 bits per heavy atom. The number of hydrogen-bond donors (Lipinski definition) is 1. The first-order valence-corrected chi connectivity index (χ1v) is 7.69. The molecule has 1 aromatic heterocycles. The van der Waals surface area contributed by atoms with Crippen molar-refractivity contribution < 1.29 is 9.59 Å². The summed E-state index contributed by atoms with van der Waals surface area (Å²) in [6.07, 6.45) is 4.89. The average molecular weight is 290 g/mol. The average Bonchev–Trinajstić information content (AvgIpc) is 2.87. The number of rotatable bonds is 2. The molecule has 6 nitrogen and oxygen atoms in total. The zero-order valence-electron chi connectivity index (χ0n) is 12.6. The van der Waals surface area contributed by atoms with Gasteiger partial charge in [-0.15, -0.1) is 0 Å². The summed E-state index contributed by atoms with van der Waals surface area (Å²) >= 11 is 0. The van der Waals surface area contributed by atoms with Crippen molar-refractivity contribution in [2.24, 2.45) is 13.0 Å². The Kier molecular flexibility index (Phi) is 3.69. The highest BCUT2D eigenvalue weighted by Gasteiger charge is 2.36. The summed E-state index contributed by atoms with van der Waals surface area (Å²) in [7, 11) is 1.85. The molecule has 1 aromatic rings. The first kappa shape index (κ1) is 14.1. The van der Waals surface area contributed by atoms with Crippen LogP contribution in [-0.2, 0) is 18.3 Å². The minimum Gasteiger partial charge on any atom is -0.353 e. The van der Waals surface area contributed by atoms with Gasteiger partial charge in [-0.1, -0.05) is 6.92 Å². The van der Waals surface area contributed by atoms with Gasteiger partial charge in [-0.3, -0.25) is 14.3 Å². The minimum absolute atomic E-state index is 0.0790. The maximum atomic E-state index is 12.7. The molecule has 0 radical (unpaired) electrons. The van der Waals surface area contributed by atoms with Crippen molar-refractivity contribution in [3.05, 3.63) is 17.5 Å². The van der Waals surface area contributed by atoms with Gasteiger partial charge in [0.1, 0.15) is 0 Å². The van der Waals surface area contributed by atoms with Gasteiger partial charge in [0.15, 0.2) is 0 Å². The molecule has 2 atom stereocenters. The van der Waals surface area contributed by atoms with Gasteiger partial charge in [-0.2, -0.15) is 5.10 Å². The number of hydrogen-bond acceptors (Lipinski definition) is 3. The van der Waals surface area contributed by atoms with Crippen LogP contribution in [0.25, 0.3) is 0 Å². The molecule has 2 amide bonds. The molecule has 2 aliphatic heterocycles. The zero-order chi connectivity index (χ0) is 15.0. The van der Waals surface area contributed by atoms with Gasteiger partial charge >= 0.3 is 0 Å². The molecule has 0 spiro atoms. The maximum absolute atomic E-state index is 12.7. The summed E-state index contributed by atoms with van der Waals surface area (Å²) in [4.78, 5) is 26.1. The maximum Gasteiger partial charge on any atom is 0.257 e. The number of aromatic nitrogens is 2. The lowest BCUT2D eigenvalue weighted by molar-refractivity contribution is -0.125. The van der Waals surface area contributed by atoms with Crippen LogP contribution in [0.15, 0.2) is 6.20 Å². The number of fused-ring (bicyclic) bond motifs is 1. The predicted octanol–water partition coefficient (Wildman–Crippen LogP) is 0.723. The van der Waals surface area contributed by atoms with Crippen molar-refractivity contribution >= 4 is 11.8 Å². The van der Waals surface area contributed by atoms with Crippen LogP contribution in [-0.4, -0.2) is 45.6 Å². The molecule has 0 bridgehead atoms. The van der Waals surface area contributed by atoms with E-state index in [1.54, 1.807) is 4.68 Å². The first-order chi connectivity index (χ1) is 10.1. The third-order valence-corrected chi connectivity index (χ3v) is 4.58. The van der Waals surface area contributed by atoms with Gasteiger partial charge in [0.25, 0.3) is 5.91 Å². The summed E-state index contributed by atoms with van der Waals surface area (Å²) in [5.41, 5.74) is 1.58. The number of aryl methyl sites for hydroxylation is 2. The fourth-order valence-electron chi connectivity index (χ4n) is 3.44.